The fourth-order valence-electron chi connectivity index (χ4n) is 3.02. The zero-order valence-corrected chi connectivity index (χ0v) is 17.2. The van der Waals surface area contributed by atoms with Gasteiger partial charge in [0, 0.05) is 31.3 Å². The number of hydrazone groups is 1. The quantitative estimate of drug-likeness (QED) is 0.767. The van der Waals surface area contributed by atoms with Gasteiger partial charge in [-0.25, -0.2) is 5.01 Å². The van der Waals surface area contributed by atoms with Gasteiger partial charge in [-0.05, 0) is 55.3 Å². The summed E-state index contributed by atoms with van der Waals surface area (Å²) in [6.45, 7) is 3.81. The van der Waals surface area contributed by atoms with Crippen LogP contribution < -0.4 is 15.6 Å². The molecular formula is C22H24N4O4. The van der Waals surface area contributed by atoms with Crippen LogP contribution in [0.25, 0.3) is 0 Å². The lowest BCUT2D eigenvalue weighted by molar-refractivity contribution is -0.120. The van der Waals surface area contributed by atoms with Crippen LogP contribution >= 0.6 is 0 Å². The van der Waals surface area contributed by atoms with E-state index < -0.39 is 0 Å². The molecule has 0 spiro atoms. The number of carbonyl (C=O) groups is 3. The predicted molar refractivity (Wildman–Crippen MR) is 116 cm³/mol. The average Bonchev–Trinajstić information content (AvgIpc) is 2.72. The minimum Gasteiger partial charge on any atom is -0.375 e. The first kappa shape index (κ1) is 21.2. The highest BCUT2D eigenvalue weighted by Crippen LogP contribution is 2.25. The molecule has 0 fully saturated rings. The SMILES string of the molecule is COCC(=O)Nc1ccc(NC(=O)C2=NN(c3cc(C)ccc3C)C(=O)CC2)cc1. The Hall–Kier alpha value is -3.52. The van der Waals surface area contributed by atoms with E-state index >= 15 is 0 Å². The molecule has 1 heterocycles. The van der Waals surface area contributed by atoms with Crippen molar-refractivity contribution in [3.05, 3.63) is 53.6 Å². The highest BCUT2D eigenvalue weighted by molar-refractivity contribution is 6.44. The van der Waals surface area contributed by atoms with Gasteiger partial charge in [0.1, 0.15) is 12.3 Å². The summed E-state index contributed by atoms with van der Waals surface area (Å²) >= 11 is 0. The minimum atomic E-state index is -0.367. The first-order valence-electron chi connectivity index (χ1n) is 9.55. The molecule has 8 heteroatoms. The Bertz CT molecular complexity index is 999. The second kappa shape index (κ2) is 9.32. The van der Waals surface area contributed by atoms with Crippen molar-refractivity contribution >= 4 is 40.5 Å². The lowest BCUT2D eigenvalue weighted by atomic mass is 10.1. The topological polar surface area (TPSA) is 100 Å². The molecule has 2 N–H and O–H groups in total. The Kier molecular flexibility index (Phi) is 6.58. The number of benzene rings is 2. The van der Waals surface area contributed by atoms with E-state index in [2.05, 4.69) is 15.7 Å². The second-order valence-electron chi connectivity index (χ2n) is 7.05. The molecule has 2 aromatic carbocycles. The molecule has 0 saturated carbocycles. The summed E-state index contributed by atoms with van der Waals surface area (Å²) in [4.78, 5) is 36.6. The highest BCUT2D eigenvalue weighted by atomic mass is 16.5. The first-order chi connectivity index (χ1) is 14.4. The van der Waals surface area contributed by atoms with Gasteiger partial charge in [0.2, 0.25) is 11.8 Å². The summed E-state index contributed by atoms with van der Waals surface area (Å²) in [5, 5.41) is 11.1. The van der Waals surface area contributed by atoms with Crippen LogP contribution in [0.2, 0.25) is 0 Å². The van der Waals surface area contributed by atoms with Gasteiger partial charge in [-0.1, -0.05) is 12.1 Å². The lowest BCUT2D eigenvalue weighted by Gasteiger charge is -2.24. The van der Waals surface area contributed by atoms with Crippen molar-refractivity contribution < 1.29 is 19.1 Å². The number of amides is 3. The molecule has 0 saturated heterocycles. The molecule has 30 heavy (non-hydrogen) atoms. The van der Waals surface area contributed by atoms with E-state index in [1.807, 2.05) is 32.0 Å². The second-order valence-corrected chi connectivity index (χ2v) is 7.05. The van der Waals surface area contributed by atoms with Crippen molar-refractivity contribution in [3.63, 3.8) is 0 Å². The monoisotopic (exact) mass is 408 g/mol. The van der Waals surface area contributed by atoms with E-state index in [0.29, 0.717) is 17.1 Å². The third-order valence-electron chi connectivity index (χ3n) is 4.59. The van der Waals surface area contributed by atoms with E-state index in [-0.39, 0.29) is 42.9 Å². The smallest absolute Gasteiger partial charge is 0.271 e. The molecule has 0 radical (unpaired) electrons. The first-order valence-corrected chi connectivity index (χ1v) is 9.55. The van der Waals surface area contributed by atoms with E-state index in [1.54, 1.807) is 24.3 Å². The molecule has 0 aromatic heterocycles. The molecule has 0 bridgehead atoms. The zero-order chi connectivity index (χ0) is 21.7. The maximum atomic E-state index is 12.7. The fraction of sp³-hybridized carbons (Fsp3) is 0.273. The summed E-state index contributed by atoms with van der Waals surface area (Å²) in [6.07, 6.45) is 0.487. The van der Waals surface area contributed by atoms with Crippen LogP contribution in [-0.4, -0.2) is 37.1 Å². The molecular weight excluding hydrogens is 384 g/mol. The largest absolute Gasteiger partial charge is 0.375 e. The summed E-state index contributed by atoms with van der Waals surface area (Å²) < 4.78 is 4.77. The normalized spacial score (nSPS) is 13.6. The van der Waals surface area contributed by atoms with Crippen molar-refractivity contribution in [2.24, 2.45) is 5.10 Å². The Morgan fingerprint density at radius 2 is 1.70 bits per heavy atom. The van der Waals surface area contributed by atoms with Gasteiger partial charge in [-0.15, -0.1) is 0 Å². The average molecular weight is 408 g/mol. The summed E-state index contributed by atoms with van der Waals surface area (Å²) in [6, 6.07) is 12.5. The highest BCUT2D eigenvalue weighted by Gasteiger charge is 2.26. The van der Waals surface area contributed by atoms with Crippen LogP contribution in [0, 0.1) is 13.8 Å². The van der Waals surface area contributed by atoms with Crippen LogP contribution in [-0.2, 0) is 19.1 Å². The number of ether oxygens (including phenoxy) is 1. The minimum absolute atomic E-state index is 0.0338. The van der Waals surface area contributed by atoms with Gasteiger partial charge >= 0.3 is 0 Å². The third-order valence-corrected chi connectivity index (χ3v) is 4.59. The molecule has 1 aliphatic rings. The van der Waals surface area contributed by atoms with E-state index in [4.69, 9.17) is 4.74 Å². The Morgan fingerprint density at radius 1 is 1.03 bits per heavy atom. The standard InChI is InChI=1S/C22H24N4O4/c1-14-4-5-15(2)19(12-14)26-21(28)11-10-18(25-26)22(29)24-17-8-6-16(7-9-17)23-20(27)13-30-3/h4-9,12H,10-11,13H2,1-3H3,(H,23,27)(H,24,29). The van der Waals surface area contributed by atoms with Gasteiger partial charge in [-0.3, -0.25) is 14.4 Å². The van der Waals surface area contributed by atoms with Crippen LogP contribution in [0.5, 0.6) is 0 Å². The van der Waals surface area contributed by atoms with E-state index in [1.165, 1.54) is 12.1 Å². The van der Waals surface area contributed by atoms with Crippen LogP contribution in [0.1, 0.15) is 24.0 Å². The van der Waals surface area contributed by atoms with Crippen molar-refractivity contribution in [2.45, 2.75) is 26.7 Å². The summed E-state index contributed by atoms with van der Waals surface area (Å²) in [7, 11) is 1.45. The summed E-state index contributed by atoms with van der Waals surface area (Å²) in [5.41, 5.74) is 4.03. The number of nitrogens with one attached hydrogen (secondary N) is 2. The van der Waals surface area contributed by atoms with Crippen molar-refractivity contribution in [2.75, 3.05) is 29.4 Å². The van der Waals surface area contributed by atoms with Gasteiger partial charge < -0.3 is 15.4 Å². The molecule has 3 rings (SSSR count). The van der Waals surface area contributed by atoms with Crippen molar-refractivity contribution in [3.8, 4) is 0 Å². The van der Waals surface area contributed by atoms with Crippen LogP contribution in [0.3, 0.4) is 0 Å². The molecule has 0 unspecified atom stereocenters. The fourth-order valence-corrected chi connectivity index (χ4v) is 3.02. The number of rotatable bonds is 6. The number of hydrogen-bond donors (Lipinski definition) is 2. The van der Waals surface area contributed by atoms with Gasteiger partial charge in [0.15, 0.2) is 0 Å². The van der Waals surface area contributed by atoms with Gasteiger partial charge in [-0.2, -0.15) is 5.10 Å². The Morgan fingerprint density at radius 3 is 2.37 bits per heavy atom. The van der Waals surface area contributed by atoms with E-state index in [0.717, 1.165) is 11.1 Å². The number of anilines is 3. The Balaban J connectivity index is 1.72. The molecule has 8 nitrogen and oxygen atoms in total. The predicted octanol–water partition coefficient (Wildman–Crippen LogP) is 3.01. The number of hydrogen-bond acceptors (Lipinski definition) is 5. The van der Waals surface area contributed by atoms with Gasteiger partial charge in [0.05, 0.1) is 5.69 Å². The lowest BCUT2D eigenvalue weighted by Crippen LogP contribution is -2.36. The maximum Gasteiger partial charge on any atom is 0.271 e. The molecule has 156 valence electrons. The van der Waals surface area contributed by atoms with Crippen LogP contribution in [0.4, 0.5) is 17.1 Å². The molecule has 2 aromatic rings. The molecule has 0 atom stereocenters. The number of nitrogens with zero attached hydrogens (tertiary/aromatic N) is 2. The Labute approximate surface area is 174 Å². The molecule has 0 aliphatic carbocycles. The zero-order valence-electron chi connectivity index (χ0n) is 17.2. The van der Waals surface area contributed by atoms with E-state index in [9.17, 15) is 14.4 Å². The van der Waals surface area contributed by atoms with Crippen molar-refractivity contribution in [1.29, 1.82) is 0 Å². The molecule has 3 amide bonds. The van der Waals surface area contributed by atoms with Crippen LogP contribution in [0.15, 0.2) is 47.6 Å². The molecule has 1 aliphatic heterocycles. The number of carbonyl (C=O) groups excluding carboxylic acids is 3. The maximum absolute atomic E-state index is 12.7. The number of aryl methyl sites for hydroxylation is 2. The summed E-state index contributed by atoms with van der Waals surface area (Å²) in [5.74, 6) is -0.771. The third kappa shape index (κ3) is 5.09. The van der Waals surface area contributed by atoms with Crippen molar-refractivity contribution in [1.82, 2.24) is 0 Å². The number of methoxy groups -OCH3 is 1. The van der Waals surface area contributed by atoms with Gasteiger partial charge in [0.25, 0.3) is 5.91 Å².